The van der Waals surface area contributed by atoms with Crippen LogP contribution in [0.15, 0.2) is 0 Å². The number of hydrogen-bond donors (Lipinski definition) is 2. The molecule has 70 valence electrons. The van der Waals surface area contributed by atoms with E-state index in [1.165, 1.54) is 0 Å². The highest BCUT2D eigenvalue weighted by molar-refractivity contribution is 5.88. The van der Waals surface area contributed by atoms with E-state index in [9.17, 15) is 4.79 Å². The lowest BCUT2D eigenvalue weighted by molar-refractivity contribution is -0.133. The molecular formula is C8H17N3O. The number of nitrogens with zero attached hydrogens (tertiary/aromatic N) is 1. The van der Waals surface area contributed by atoms with Crippen molar-refractivity contribution in [3.05, 3.63) is 0 Å². The number of rotatable bonds is 1. The fourth-order valence-corrected chi connectivity index (χ4v) is 1.79. The largest absolute Gasteiger partial charge is 0.314 e. The highest BCUT2D eigenvalue weighted by Crippen LogP contribution is 2.26. The Labute approximate surface area is 73.1 Å². The van der Waals surface area contributed by atoms with Crippen LogP contribution in [0, 0.1) is 0 Å². The van der Waals surface area contributed by atoms with Gasteiger partial charge in [-0.25, -0.2) is 0 Å². The summed E-state index contributed by atoms with van der Waals surface area (Å²) in [6.07, 6.45) is 0. The topological polar surface area (TPSA) is 58.4 Å². The van der Waals surface area contributed by atoms with Gasteiger partial charge in [-0.15, -0.1) is 0 Å². The smallest absolute Gasteiger partial charge is 0.244 e. The summed E-state index contributed by atoms with van der Waals surface area (Å²) < 4.78 is 0. The van der Waals surface area contributed by atoms with Crippen molar-refractivity contribution in [2.24, 2.45) is 5.73 Å². The molecule has 4 heteroatoms. The van der Waals surface area contributed by atoms with Crippen LogP contribution in [0.3, 0.4) is 0 Å². The summed E-state index contributed by atoms with van der Waals surface area (Å²) in [6, 6.07) is 0. The van der Waals surface area contributed by atoms with Crippen LogP contribution in [0.1, 0.15) is 27.7 Å². The summed E-state index contributed by atoms with van der Waals surface area (Å²) in [5.41, 5.74) is 4.68. The lowest BCUT2D eigenvalue weighted by Gasteiger charge is -2.29. The van der Waals surface area contributed by atoms with Crippen LogP contribution >= 0.6 is 0 Å². The summed E-state index contributed by atoms with van der Waals surface area (Å²) in [4.78, 5) is 13.3. The Kier molecular flexibility index (Phi) is 1.92. The summed E-state index contributed by atoms with van der Waals surface area (Å²) in [6.45, 7) is 7.90. The van der Waals surface area contributed by atoms with Crippen LogP contribution in [-0.4, -0.2) is 28.7 Å². The zero-order valence-corrected chi connectivity index (χ0v) is 8.14. The molecule has 1 saturated heterocycles. The van der Waals surface area contributed by atoms with Crippen molar-refractivity contribution >= 4 is 5.91 Å². The van der Waals surface area contributed by atoms with Gasteiger partial charge in [-0.2, -0.15) is 0 Å². The van der Waals surface area contributed by atoms with Gasteiger partial charge in [0.15, 0.2) is 0 Å². The molecule has 0 aromatic rings. The zero-order chi connectivity index (χ0) is 9.57. The van der Waals surface area contributed by atoms with Crippen molar-refractivity contribution in [2.75, 3.05) is 6.67 Å². The van der Waals surface area contributed by atoms with Crippen LogP contribution in [0.5, 0.6) is 0 Å². The van der Waals surface area contributed by atoms with Crippen LogP contribution < -0.4 is 11.1 Å². The number of hydrogen-bond acceptors (Lipinski definition) is 3. The van der Waals surface area contributed by atoms with Crippen LogP contribution in [0.2, 0.25) is 0 Å². The third kappa shape index (κ3) is 1.21. The van der Waals surface area contributed by atoms with Crippen LogP contribution in [-0.2, 0) is 4.79 Å². The van der Waals surface area contributed by atoms with E-state index in [-0.39, 0.29) is 18.2 Å². The molecular weight excluding hydrogens is 154 g/mol. The normalized spacial score (nSPS) is 26.4. The first kappa shape index (κ1) is 9.48. The first-order valence-electron chi connectivity index (χ1n) is 4.13. The zero-order valence-electron chi connectivity index (χ0n) is 8.14. The van der Waals surface area contributed by atoms with Gasteiger partial charge in [-0.3, -0.25) is 10.1 Å². The summed E-state index contributed by atoms with van der Waals surface area (Å²) in [5, 5.41) is 3.22. The molecule has 1 fully saturated rings. The van der Waals surface area contributed by atoms with E-state index in [4.69, 9.17) is 5.73 Å². The van der Waals surface area contributed by atoms with E-state index >= 15 is 0 Å². The standard InChI is InChI=1S/C8H17N3O/c1-7(2)6(12)11(5-9)8(3,4)10-7/h10H,5,9H2,1-4H3. The molecule has 1 rings (SSSR count). The second kappa shape index (κ2) is 2.44. The molecule has 0 bridgehead atoms. The molecule has 1 aliphatic rings. The van der Waals surface area contributed by atoms with E-state index in [2.05, 4.69) is 5.32 Å². The average Bonchev–Trinajstić information content (AvgIpc) is 1.98. The number of nitrogens with one attached hydrogen (secondary N) is 1. The maximum Gasteiger partial charge on any atom is 0.244 e. The average molecular weight is 171 g/mol. The Morgan fingerprint density at radius 2 is 1.92 bits per heavy atom. The Hall–Kier alpha value is -0.610. The third-order valence-corrected chi connectivity index (χ3v) is 2.26. The van der Waals surface area contributed by atoms with Crippen molar-refractivity contribution in [1.29, 1.82) is 0 Å². The molecule has 0 atom stereocenters. The van der Waals surface area contributed by atoms with Gasteiger partial charge in [0.05, 0.1) is 17.9 Å². The molecule has 0 aromatic carbocycles. The fourth-order valence-electron chi connectivity index (χ4n) is 1.79. The van der Waals surface area contributed by atoms with E-state index in [1.54, 1.807) is 4.90 Å². The van der Waals surface area contributed by atoms with Crippen LogP contribution in [0.25, 0.3) is 0 Å². The predicted molar refractivity (Wildman–Crippen MR) is 47.2 cm³/mol. The second-order valence-corrected chi connectivity index (χ2v) is 4.22. The summed E-state index contributed by atoms with van der Waals surface area (Å²) in [5.74, 6) is 0.0648. The second-order valence-electron chi connectivity index (χ2n) is 4.22. The predicted octanol–water partition coefficient (Wildman–Crippen LogP) is -0.151. The van der Waals surface area contributed by atoms with Crippen LogP contribution in [0.4, 0.5) is 0 Å². The van der Waals surface area contributed by atoms with Crippen molar-refractivity contribution in [2.45, 2.75) is 38.9 Å². The van der Waals surface area contributed by atoms with Gasteiger partial charge in [0.1, 0.15) is 0 Å². The van der Waals surface area contributed by atoms with Crippen molar-refractivity contribution < 1.29 is 4.79 Å². The highest BCUT2D eigenvalue weighted by atomic mass is 16.2. The quantitative estimate of drug-likeness (QED) is 0.577. The van der Waals surface area contributed by atoms with E-state index < -0.39 is 5.54 Å². The lowest BCUT2D eigenvalue weighted by Crippen LogP contribution is -2.50. The molecule has 0 spiro atoms. The molecule has 0 aromatic heterocycles. The third-order valence-electron chi connectivity index (χ3n) is 2.26. The molecule has 1 aliphatic heterocycles. The maximum atomic E-state index is 11.7. The molecule has 4 nitrogen and oxygen atoms in total. The highest BCUT2D eigenvalue weighted by Gasteiger charge is 2.48. The van der Waals surface area contributed by atoms with Crippen molar-refractivity contribution in [3.8, 4) is 0 Å². The Morgan fingerprint density at radius 3 is 2.08 bits per heavy atom. The van der Waals surface area contributed by atoms with Gasteiger partial charge < -0.3 is 10.6 Å². The van der Waals surface area contributed by atoms with E-state index in [0.717, 1.165) is 0 Å². The minimum absolute atomic E-state index is 0.0648. The molecule has 1 heterocycles. The lowest BCUT2D eigenvalue weighted by atomic mass is 10.1. The number of carbonyl (C=O) groups excluding carboxylic acids is 1. The molecule has 3 N–H and O–H groups in total. The van der Waals surface area contributed by atoms with E-state index in [1.807, 2.05) is 27.7 Å². The van der Waals surface area contributed by atoms with Crippen molar-refractivity contribution in [1.82, 2.24) is 10.2 Å². The fraction of sp³-hybridized carbons (Fsp3) is 0.875. The number of nitrogens with two attached hydrogens (primary N) is 1. The number of carbonyl (C=O) groups is 1. The molecule has 0 saturated carbocycles. The van der Waals surface area contributed by atoms with Gasteiger partial charge >= 0.3 is 0 Å². The van der Waals surface area contributed by atoms with Gasteiger partial charge in [-0.1, -0.05) is 0 Å². The van der Waals surface area contributed by atoms with E-state index in [0.29, 0.717) is 0 Å². The molecule has 0 unspecified atom stereocenters. The summed E-state index contributed by atoms with van der Waals surface area (Å²) in [7, 11) is 0. The van der Waals surface area contributed by atoms with Gasteiger partial charge in [0.25, 0.3) is 0 Å². The Balaban J connectivity index is 2.96. The molecule has 0 radical (unpaired) electrons. The maximum absolute atomic E-state index is 11.7. The SMILES string of the molecule is CC1(C)NC(C)(C)N(CN)C1=O. The van der Waals surface area contributed by atoms with Gasteiger partial charge in [0, 0.05) is 0 Å². The Bertz CT molecular complexity index is 210. The van der Waals surface area contributed by atoms with Gasteiger partial charge in [0.2, 0.25) is 5.91 Å². The van der Waals surface area contributed by atoms with Gasteiger partial charge in [-0.05, 0) is 27.7 Å². The monoisotopic (exact) mass is 171 g/mol. The number of amides is 1. The minimum Gasteiger partial charge on any atom is -0.314 e. The van der Waals surface area contributed by atoms with Crippen molar-refractivity contribution in [3.63, 3.8) is 0 Å². The molecule has 1 amide bonds. The molecule has 12 heavy (non-hydrogen) atoms. The minimum atomic E-state index is -0.483. The first-order chi connectivity index (χ1) is 5.31. The Morgan fingerprint density at radius 1 is 1.42 bits per heavy atom. The summed E-state index contributed by atoms with van der Waals surface area (Å²) >= 11 is 0. The first-order valence-corrected chi connectivity index (χ1v) is 4.13. The molecule has 0 aliphatic carbocycles.